The topological polar surface area (TPSA) is 49.3 Å². The fourth-order valence-corrected chi connectivity index (χ4v) is 1.55. The number of guanidine groups is 1. The molecule has 0 fully saturated rings. The summed E-state index contributed by atoms with van der Waals surface area (Å²) < 4.78 is 0. The van der Waals surface area contributed by atoms with E-state index >= 15 is 0 Å². The molecule has 0 aliphatic carbocycles. The Labute approximate surface area is 139 Å². The molecule has 20 heavy (non-hydrogen) atoms. The number of aromatic nitrogens is 1. The van der Waals surface area contributed by atoms with Crippen LogP contribution in [-0.2, 0) is 6.42 Å². The number of hydrogen-bond donors (Lipinski definition) is 2. The van der Waals surface area contributed by atoms with Crippen molar-refractivity contribution in [3.8, 4) is 0 Å². The van der Waals surface area contributed by atoms with Crippen molar-refractivity contribution in [3.05, 3.63) is 29.6 Å². The van der Waals surface area contributed by atoms with Gasteiger partial charge in [-0.15, -0.1) is 24.0 Å². The van der Waals surface area contributed by atoms with Crippen molar-refractivity contribution in [2.24, 2.45) is 10.9 Å². The van der Waals surface area contributed by atoms with Crippen LogP contribution in [0.15, 0.2) is 23.3 Å². The fraction of sp³-hybridized carbons (Fsp3) is 0.600. The van der Waals surface area contributed by atoms with Crippen molar-refractivity contribution in [3.63, 3.8) is 0 Å². The van der Waals surface area contributed by atoms with E-state index < -0.39 is 0 Å². The lowest BCUT2D eigenvalue weighted by Crippen LogP contribution is -2.44. The first-order chi connectivity index (χ1) is 9.02. The zero-order valence-electron chi connectivity index (χ0n) is 13.1. The van der Waals surface area contributed by atoms with Gasteiger partial charge < -0.3 is 10.6 Å². The van der Waals surface area contributed by atoms with Gasteiger partial charge in [0.25, 0.3) is 0 Å². The highest BCUT2D eigenvalue weighted by atomic mass is 127. The van der Waals surface area contributed by atoms with Crippen LogP contribution in [0.3, 0.4) is 0 Å². The maximum Gasteiger partial charge on any atom is 0.191 e. The summed E-state index contributed by atoms with van der Waals surface area (Å²) in [7, 11) is 1.80. The lowest BCUT2D eigenvalue weighted by Gasteiger charge is -2.20. The minimum absolute atomic E-state index is 0. The van der Waals surface area contributed by atoms with Crippen molar-refractivity contribution >= 4 is 29.9 Å². The van der Waals surface area contributed by atoms with Crippen LogP contribution in [-0.4, -0.2) is 30.6 Å². The summed E-state index contributed by atoms with van der Waals surface area (Å²) >= 11 is 0. The largest absolute Gasteiger partial charge is 0.356 e. The van der Waals surface area contributed by atoms with E-state index in [4.69, 9.17) is 0 Å². The molecule has 1 aromatic heterocycles. The van der Waals surface area contributed by atoms with Gasteiger partial charge in [0.2, 0.25) is 0 Å². The molecule has 1 atom stereocenters. The minimum Gasteiger partial charge on any atom is -0.356 e. The summed E-state index contributed by atoms with van der Waals surface area (Å²) in [5, 5.41) is 6.71. The number of nitrogens with zero attached hydrogens (tertiary/aromatic N) is 2. The van der Waals surface area contributed by atoms with Crippen LogP contribution in [0, 0.1) is 12.8 Å². The third-order valence-corrected chi connectivity index (χ3v) is 3.27. The lowest BCUT2D eigenvalue weighted by molar-refractivity contribution is 0.481. The SMILES string of the molecule is CN=C(NCCc1ccc(C)nc1)NC(C)C(C)C.I. The zero-order chi connectivity index (χ0) is 14.3. The number of halogens is 1. The molecule has 0 aliphatic rings. The second-order valence-corrected chi connectivity index (χ2v) is 5.23. The predicted octanol–water partition coefficient (Wildman–Crippen LogP) is 2.76. The number of rotatable bonds is 5. The van der Waals surface area contributed by atoms with E-state index in [2.05, 4.69) is 47.4 Å². The van der Waals surface area contributed by atoms with Crippen LogP contribution in [0.1, 0.15) is 32.0 Å². The normalized spacial score (nSPS) is 12.8. The van der Waals surface area contributed by atoms with E-state index in [0.717, 1.165) is 24.6 Å². The van der Waals surface area contributed by atoms with Gasteiger partial charge in [-0.1, -0.05) is 19.9 Å². The summed E-state index contributed by atoms with van der Waals surface area (Å²) in [5.74, 6) is 1.45. The van der Waals surface area contributed by atoms with E-state index in [0.29, 0.717) is 12.0 Å². The first-order valence-electron chi connectivity index (χ1n) is 6.91. The molecule has 4 nitrogen and oxygen atoms in total. The van der Waals surface area contributed by atoms with Crippen LogP contribution < -0.4 is 10.6 Å². The van der Waals surface area contributed by atoms with Crippen LogP contribution >= 0.6 is 24.0 Å². The molecule has 0 aromatic carbocycles. The van der Waals surface area contributed by atoms with Gasteiger partial charge in [0.1, 0.15) is 0 Å². The Kier molecular flexibility index (Phi) is 9.54. The van der Waals surface area contributed by atoms with Crippen molar-refractivity contribution in [2.45, 2.75) is 40.2 Å². The molecule has 2 N–H and O–H groups in total. The zero-order valence-corrected chi connectivity index (χ0v) is 15.4. The van der Waals surface area contributed by atoms with Gasteiger partial charge in [-0.3, -0.25) is 9.98 Å². The van der Waals surface area contributed by atoms with Gasteiger partial charge in [-0.2, -0.15) is 0 Å². The number of aryl methyl sites for hydroxylation is 1. The van der Waals surface area contributed by atoms with Crippen molar-refractivity contribution in [2.75, 3.05) is 13.6 Å². The Hall–Kier alpha value is -0.850. The predicted molar refractivity (Wildman–Crippen MR) is 96.9 cm³/mol. The first-order valence-corrected chi connectivity index (χ1v) is 6.91. The summed E-state index contributed by atoms with van der Waals surface area (Å²) in [6.07, 6.45) is 2.88. The molecule has 114 valence electrons. The molecule has 1 heterocycles. The summed E-state index contributed by atoms with van der Waals surface area (Å²) in [4.78, 5) is 8.53. The number of pyridine rings is 1. The molecule has 0 radical (unpaired) electrons. The molecule has 1 rings (SSSR count). The molecule has 0 amide bonds. The van der Waals surface area contributed by atoms with Crippen molar-refractivity contribution in [1.29, 1.82) is 0 Å². The quantitative estimate of drug-likeness (QED) is 0.462. The van der Waals surface area contributed by atoms with Crippen molar-refractivity contribution in [1.82, 2.24) is 15.6 Å². The first kappa shape index (κ1) is 19.1. The Morgan fingerprint density at radius 3 is 2.50 bits per heavy atom. The van der Waals surface area contributed by atoms with Crippen LogP contribution in [0.4, 0.5) is 0 Å². The third kappa shape index (κ3) is 7.07. The summed E-state index contributed by atoms with van der Waals surface area (Å²) in [5.41, 5.74) is 2.30. The maximum absolute atomic E-state index is 4.29. The van der Waals surface area contributed by atoms with E-state index in [1.54, 1.807) is 7.05 Å². The molecule has 0 saturated carbocycles. The lowest BCUT2D eigenvalue weighted by atomic mass is 10.1. The van der Waals surface area contributed by atoms with Crippen LogP contribution in [0.25, 0.3) is 0 Å². The van der Waals surface area contributed by atoms with Crippen LogP contribution in [0.5, 0.6) is 0 Å². The monoisotopic (exact) mass is 390 g/mol. The molecule has 0 bridgehead atoms. The number of nitrogens with one attached hydrogen (secondary N) is 2. The maximum atomic E-state index is 4.29. The van der Waals surface area contributed by atoms with Crippen molar-refractivity contribution < 1.29 is 0 Å². The molecule has 1 unspecified atom stereocenters. The van der Waals surface area contributed by atoms with E-state index in [1.165, 1.54) is 5.56 Å². The molecule has 5 heteroatoms. The molecular formula is C15H27IN4. The highest BCUT2D eigenvalue weighted by Crippen LogP contribution is 2.00. The van der Waals surface area contributed by atoms with E-state index in [9.17, 15) is 0 Å². The van der Waals surface area contributed by atoms with Gasteiger partial charge in [-0.05, 0) is 37.8 Å². The van der Waals surface area contributed by atoms with Gasteiger partial charge in [-0.25, -0.2) is 0 Å². The standard InChI is InChI=1S/C15H26N4.HI/c1-11(2)13(4)19-15(16-5)17-9-8-14-7-6-12(3)18-10-14;/h6-7,10-11,13H,8-9H2,1-5H3,(H2,16,17,19);1H. The summed E-state index contributed by atoms with van der Waals surface area (Å²) in [6.45, 7) is 9.42. The molecular weight excluding hydrogens is 363 g/mol. The van der Waals surface area contributed by atoms with Gasteiger partial charge in [0.15, 0.2) is 5.96 Å². The fourth-order valence-electron chi connectivity index (χ4n) is 1.55. The molecule has 0 spiro atoms. The third-order valence-electron chi connectivity index (χ3n) is 3.27. The Morgan fingerprint density at radius 2 is 2.00 bits per heavy atom. The second kappa shape index (κ2) is 9.96. The molecule has 1 aromatic rings. The second-order valence-electron chi connectivity index (χ2n) is 5.23. The average molecular weight is 390 g/mol. The Morgan fingerprint density at radius 1 is 1.30 bits per heavy atom. The highest BCUT2D eigenvalue weighted by Gasteiger charge is 2.08. The van der Waals surface area contributed by atoms with Crippen LogP contribution in [0.2, 0.25) is 0 Å². The Balaban J connectivity index is 0.00000361. The summed E-state index contributed by atoms with van der Waals surface area (Å²) in [6, 6.07) is 4.58. The van der Waals surface area contributed by atoms with Gasteiger partial charge in [0, 0.05) is 31.5 Å². The smallest absolute Gasteiger partial charge is 0.191 e. The number of hydrogen-bond acceptors (Lipinski definition) is 2. The number of aliphatic imine (C=N–C) groups is 1. The molecule has 0 aliphatic heterocycles. The van der Waals surface area contributed by atoms with E-state index in [1.807, 2.05) is 19.2 Å². The highest BCUT2D eigenvalue weighted by molar-refractivity contribution is 14.0. The molecule has 0 saturated heterocycles. The van der Waals surface area contributed by atoms with E-state index in [-0.39, 0.29) is 24.0 Å². The van der Waals surface area contributed by atoms with Gasteiger partial charge >= 0.3 is 0 Å². The average Bonchev–Trinajstić information content (AvgIpc) is 2.39. The van der Waals surface area contributed by atoms with Gasteiger partial charge in [0.05, 0.1) is 0 Å². The minimum atomic E-state index is 0. The Bertz CT molecular complexity index is 401.